The van der Waals surface area contributed by atoms with E-state index in [0.717, 1.165) is 11.4 Å². The van der Waals surface area contributed by atoms with Gasteiger partial charge < -0.3 is 0 Å². The third-order valence-corrected chi connectivity index (χ3v) is 2.77. The molecule has 0 aliphatic carbocycles. The number of rotatable bonds is 2. The van der Waals surface area contributed by atoms with Crippen LogP contribution in [0.2, 0.25) is 5.15 Å². The summed E-state index contributed by atoms with van der Waals surface area (Å²) in [6, 6.07) is 11.2. The predicted octanol–water partition coefficient (Wildman–Crippen LogP) is 3.52. The molecule has 0 bridgehead atoms. The van der Waals surface area contributed by atoms with Gasteiger partial charge in [0.2, 0.25) is 0 Å². The van der Waals surface area contributed by atoms with E-state index in [4.69, 9.17) is 16.9 Å². The van der Waals surface area contributed by atoms with E-state index in [1.54, 1.807) is 16.8 Å². The van der Waals surface area contributed by atoms with Gasteiger partial charge >= 0.3 is 0 Å². The van der Waals surface area contributed by atoms with Crippen molar-refractivity contribution in [3.05, 3.63) is 46.7 Å². The van der Waals surface area contributed by atoms with Crippen LogP contribution in [-0.4, -0.2) is 9.78 Å². The van der Waals surface area contributed by atoms with E-state index in [1.165, 1.54) is 0 Å². The molecule has 3 nitrogen and oxygen atoms in total. The molecule has 0 aliphatic rings. The van der Waals surface area contributed by atoms with Crippen LogP contribution in [0.3, 0.4) is 0 Å². The van der Waals surface area contributed by atoms with Gasteiger partial charge in [0.25, 0.3) is 0 Å². The highest BCUT2D eigenvalue weighted by Gasteiger charge is 2.10. The molecule has 0 fully saturated rings. The second-order valence-electron chi connectivity index (χ2n) is 4.12. The van der Waals surface area contributed by atoms with Crippen molar-refractivity contribution in [3.8, 4) is 11.8 Å². The molecule has 0 atom stereocenters. The quantitative estimate of drug-likeness (QED) is 0.812. The van der Waals surface area contributed by atoms with Gasteiger partial charge in [0.1, 0.15) is 5.15 Å². The minimum Gasteiger partial charge on any atom is -0.222 e. The van der Waals surface area contributed by atoms with Crippen LogP contribution in [0.15, 0.2) is 30.3 Å². The Balaban J connectivity index is 2.49. The second kappa shape index (κ2) is 4.60. The lowest BCUT2D eigenvalue weighted by Gasteiger charge is -2.03. The van der Waals surface area contributed by atoms with Gasteiger partial charge in [-0.25, -0.2) is 4.68 Å². The van der Waals surface area contributed by atoms with Gasteiger partial charge in [0.05, 0.1) is 23.0 Å². The Morgan fingerprint density at radius 3 is 2.71 bits per heavy atom. The molecular formula is C13H12ClN3. The first-order chi connectivity index (χ1) is 8.11. The van der Waals surface area contributed by atoms with Crippen molar-refractivity contribution >= 4 is 11.6 Å². The maximum Gasteiger partial charge on any atom is 0.133 e. The minimum atomic E-state index is 0.327. The topological polar surface area (TPSA) is 41.6 Å². The maximum absolute atomic E-state index is 8.86. The molecule has 2 rings (SSSR count). The molecular weight excluding hydrogens is 234 g/mol. The smallest absolute Gasteiger partial charge is 0.133 e. The number of halogens is 1. The third-order valence-electron chi connectivity index (χ3n) is 2.50. The Labute approximate surface area is 105 Å². The molecule has 0 spiro atoms. The Hall–Kier alpha value is -1.79. The minimum absolute atomic E-state index is 0.327. The van der Waals surface area contributed by atoms with E-state index in [-0.39, 0.29) is 0 Å². The van der Waals surface area contributed by atoms with Gasteiger partial charge in [-0.2, -0.15) is 10.4 Å². The first-order valence-electron chi connectivity index (χ1n) is 5.38. The van der Waals surface area contributed by atoms with Crippen molar-refractivity contribution in [2.75, 3.05) is 0 Å². The summed E-state index contributed by atoms with van der Waals surface area (Å²) in [5, 5.41) is 13.8. The summed E-state index contributed by atoms with van der Waals surface area (Å²) >= 11 is 6.14. The molecule has 1 heterocycles. The van der Waals surface area contributed by atoms with Crippen LogP contribution in [0.25, 0.3) is 5.69 Å². The highest BCUT2D eigenvalue weighted by Crippen LogP contribution is 2.22. The van der Waals surface area contributed by atoms with Crippen LogP contribution < -0.4 is 0 Å². The Morgan fingerprint density at radius 2 is 2.12 bits per heavy atom. The average Bonchev–Trinajstić information content (AvgIpc) is 2.72. The molecule has 2 aromatic rings. The number of hydrogen-bond donors (Lipinski definition) is 0. The van der Waals surface area contributed by atoms with E-state index < -0.39 is 0 Å². The van der Waals surface area contributed by atoms with Crippen molar-refractivity contribution in [2.24, 2.45) is 0 Å². The molecule has 0 saturated carbocycles. The molecule has 0 unspecified atom stereocenters. The molecule has 4 heteroatoms. The van der Waals surface area contributed by atoms with Gasteiger partial charge in [-0.15, -0.1) is 0 Å². The Bertz CT molecular complexity index is 579. The SMILES string of the molecule is CC(C)c1cc(Cl)n(-c2cccc(C#N)c2)n1. The molecule has 86 valence electrons. The molecule has 17 heavy (non-hydrogen) atoms. The van der Waals surface area contributed by atoms with E-state index in [2.05, 4.69) is 25.0 Å². The lowest BCUT2D eigenvalue weighted by atomic mass is 10.1. The number of benzene rings is 1. The van der Waals surface area contributed by atoms with Crippen molar-refractivity contribution in [1.82, 2.24) is 9.78 Å². The lowest BCUT2D eigenvalue weighted by Crippen LogP contribution is -1.98. The monoisotopic (exact) mass is 245 g/mol. The molecule has 1 aromatic heterocycles. The standard InChI is InChI=1S/C13H12ClN3/c1-9(2)12-7-13(14)17(16-12)11-5-3-4-10(6-11)8-15/h3-7,9H,1-2H3. The molecule has 0 aliphatic heterocycles. The normalized spacial score (nSPS) is 10.5. The number of nitriles is 1. The highest BCUT2D eigenvalue weighted by molar-refractivity contribution is 6.29. The summed E-state index contributed by atoms with van der Waals surface area (Å²) in [6.07, 6.45) is 0. The number of aromatic nitrogens is 2. The maximum atomic E-state index is 8.86. The Kier molecular flexibility index (Phi) is 3.16. The Morgan fingerprint density at radius 1 is 1.35 bits per heavy atom. The van der Waals surface area contributed by atoms with Gasteiger partial charge in [0.15, 0.2) is 0 Å². The van der Waals surface area contributed by atoms with E-state index >= 15 is 0 Å². The summed E-state index contributed by atoms with van der Waals surface area (Å²) in [7, 11) is 0. The average molecular weight is 246 g/mol. The molecule has 0 radical (unpaired) electrons. The zero-order chi connectivity index (χ0) is 12.4. The van der Waals surface area contributed by atoms with Gasteiger partial charge in [-0.1, -0.05) is 31.5 Å². The summed E-state index contributed by atoms with van der Waals surface area (Å²) in [5.41, 5.74) is 2.35. The second-order valence-corrected chi connectivity index (χ2v) is 4.51. The summed E-state index contributed by atoms with van der Waals surface area (Å²) in [5.74, 6) is 0.327. The van der Waals surface area contributed by atoms with Crippen molar-refractivity contribution in [2.45, 2.75) is 19.8 Å². The van der Waals surface area contributed by atoms with Crippen molar-refractivity contribution < 1.29 is 0 Å². The first-order valence-corrected chi connectivity index (χ1v) is 5.75. The molecule has 0 amide bonds. The number of hydrogen-bond acceptors (Lipinski definition) is 2. The van der Waals surface area contributed by atoms with Crippen LogP contribution in [0.4, 0.5) is 0 Å². The van der Waals surface area contributed by atoms with Gasteiger partial charge in [0, 0.05) is 0 Å². The van der Waals surface area contributed by atoms with Crippen LogP contribution in [0.5, 0.6) is 0 Å². The van der Waals surface area contributed by atoms with Crippen LogP contribution in [0, 0.1) is 11.3 Å². The lowest BCUT2D eigenvalue weighted by molar-refractivity contribution is 0.768. The fourth-order valence-electron chi connectivity index (χ4n) is 1.55. The van der Waals surface area contributed by atoms with Crippen LogP contribution >= 0.6 is 11.6 Å². The predicted molar refractivity (Wildman–Crippen MR) is 67.4 cm³/mol. The fourth-order valence-corrected chi connectivity index (χ4v) is 1.79. The van der Waals surface area contributed by atoms with Gasteiger partial charge in [-0.05, 0) is 30.2 Å². The van der Waals surface area contributed by atoms with Crippen LogP contribution in [-0.2, 0) is 0 Å². The van der Waals surface area contributed by atoms with Crippen LogP contribution in [0.1, 0.15) is 31.0 Å². The molecule has 0 saturated heterocycles. The number of nitrogens with zero attached hydrogens (tertiary/aromatic N) is 3. The van der Waals surface area contributed by atoms with E-state index in [9.17, 15) is 0 Å². The highest BCUT2D eigenvalue weighted by atomic mass is 35.5. The zero-order valence-electron chi connectivity index (χ0n) is 9.68. The largest absolute Gasteiger partial charge is 0.222 e. The van der Waals surface area contributed by atoms with Crippen molar-refractivity contribution in [1.29, 1.82) is 5.26 Å². The van der Waals surface area contributed by atoms with E-state index in [1.807, 2.05) is 18.2 Å². The summed E-state index contributed by atoms with van der Waals surface area (Å²) < 4.78 is 1.65. The van der Waals surface area contributed by atoms with Gasteiger partial charge in [-0.3, -0.25) is 0 Å². The fraction of sp³-hybridized carbons (Fsp3) is 0.231. The summed E-state index contributed by atoms with van der Waals surface area (Å²) in [6.45, 7) is 4.13. The molecule has 1 aromatic carbocycles. The zero-order valence-corrected chi connectivity index (χ0v) is 10.4. The third kappa shape index (κ3) is 2.32. The van der Waals surface area contributed by atoms with Crippen molar-refractivity contribution in [3.63, 3.8) is 0 Å². The van der Waals surface area contributed by atoms with E-state index in [0.29, 0.717) is 16.6 Å². The summed E-state index contributed by atoms with van der Waals surface area (Å²) in [4.78, 5) is 0. The first kappa shape index (κ1) is 11.7. The molecule has 0 N–H and O–H groups in total.